The zero-order valence-electron chi connectivity index (χ0n) is 12.0. The molecule has 3 N–H and O–H groups in total. The lowest BCUT2D eigenvalue weighted by Gasteiger charge is -2.24. The molecular weight excluding hydrogens is 277 g/mol. The molecule has 1 aromatic rings. The van der Waals surface area contributed by atoms with Crippen LogP contribution in [0.3, 0.4) is 0 Å². The first-order valence-electron chi connectivity index (χ1n) is 6.88. The van der Waals surface area contributed by atoms with Gasteiger partial charge in [0.25, 0.3) is 0 Å². The first kappa shape index (κ1) is 15.5. The van der Waals surface area contributed by atoms with Gasteiger partial charge < -0.3 is 14.8 Å². The van der Waals surface area contributed by atoms with Crippen LogP contribution in [0.1, 0.15) is 12.8 Å². The van der Waals surface area contributed by atoms with Crippen molar-refractivity contribution in [3.05, 3.63) is 24.0 Å². The Bertz CT molecular complexity index is 492. The highest BCUT2D eigenvalue weighted by atomic mass is 19.1. The van der Waals surface area contributed by atoms with E-state index in [0.717, 1.165) is 17.9 Å². The summed E-state index contributed by atoms with van der Waals surface area (Å²) in [6.45, 7) is 1.87. The van der Waals surface area contributed by atoms with Crippen molar-refractivity contribution in [2.24, 2.45) is 11.8 Å². The van der Waals surface area contributed by atoms with Crippen LogP contribution in [-0.2, 0) is 4.74 Å². The molecule has 1 saturated heterocycles. The first-order valence-corrected chi connectivity index (χ1v) is 6.88. The molecule has 0 saturated carbocycles. The minimum Gasteiger partial charge on any atom is -0.491 e. The van der Waals surface area contributed by atoms with Crippen molar-refractivity contribution in [2.45, 2.75) is 12.8 Å². The van der Waals surface area contributed by atoms with E-state index in [2.05, 4.69) is 5.32 Å². The molecule has 6 nitrogen and oxygen atoms in total. The molecule has 1 aliphatic rings. The fourth-order valence-electron chi connectivity index (χ4n) is 2.15. The maximum absolute atomic E-state index is 13.4. The van der Waals surface area contributed by atoms with E-state index < -0.39 is 11.8 Å². The number of hydrogen-bond acceptors (Lipinski definition) is 4. The number of urea groups is 1. The fraction of sp³-hybridized carbons (Fsp3) is 0.500. The zero-order chi connectivity index (χ0) is 15.2. The lowest BCUT2D eigenvalue weighted by molar-refractivity contribution is 0.0498. The van der Waals surface area contributed by atoms with E-state index >= 15 is 0 Å². The van der Waals surface area contributed by atoms with Gasteiger partial charge in [-0.25, -0.2) is 20.0 Å². The van der Waals surface area contributed by atoms with Crippen LogP contribution in [0, 0.1) is 11.7 Å². The number of nitrogens with two attached hydrogens (primary N) is 1. The second-order valence-corrected chi connectivity index (χ2v) is 4.90. The number of benzene rings is 1. The van der Waals surface area contributed by atoms with E-state index in [1.165, 1.54) is 25.2 Å². The Morgan fingerprint density at radius 3 is 2.90 bits per heavy atom. The van der Waals surface area contributed by atoms with Crippen LogP contribution in [0.25, 0.3) is 0 Å². The topological polar surface area (TPSA) is 76.8 Å². The number of nitrogens with one attached hydrogen (secondary N) is 1. The van der Waals surface area contributed by atoms with Crippen molar-refractivity contribution < 1.29 is 18.7 Å². The molecule has 0 aliphatic carbocycles. The number of halogens is 1. The van der Waals surface area contributed by atoms with E-state index in [1.54, 1.807) is 0 Å². The van der Waals surface area contributed by atoms with Crippen molar-refractivity contribution in [2.75, 3.05) is 31.9 Å². The van der Waals surface area contributed by atoms with Crippen molar-refractivity contribution in [3.63, 3.8) is 0 Å². The molecule has 0 aromatic heterocycles. The van der Waals surface area contributed by atoms with Crippen LogP contribution in [0.15, 0.2) is 18.2 Å². The lowest BCUT2D eigenvalue weighted by Crippen LogP contribution is -2.43. The summed E-state index contributed by atoms with van der Waals surface area (Å²) in [6.07, 6.45) is 1.82. The Morgan fingerprint density at radius 2 is 2.24 bits per heavy atom. The van der Waals surface area contributed by atoms with Gasteiger partial charge in [-0.2, -0.15) is 0 Å². The fourth-order valence-corrected chi connectivity index (χ4v) is 2.15. The molecule has 0 radical (unpaired) electrons. The smallest absolute Gasteiger partial charge is 0.336 e. The van der Waals surface area contributed by atoms with Crippen molar-refractivity contribution in [3.8, 4) is 5.75 Å². The average Bonchev–Trinajstić information content (AvgIpc) is 2.52. The molecule has 0 atom stereocenters. The molecule has 1 aromatic carbocycles. The van der Waals surface area contributed by atoms with Gasteiger partial charge in [0.05, 0.1) is 6.61 Å². The summed E-state index contributed by atoms with van der Waals surface area (Å²) >= 11 is 0. The van der Waals surface area contributed by atoms with Crippen LogP contribution in [-0.4, -0.2) is 32.9 Å². The van der Waals surface area contributed by atoms with Crippen LogP contribution >= 0.6 is 0 Å². The summed E-state index contributed by atoms with van der Waals surface area (Å²) in [7, 11) is 1.47. The van der Waals surface area contributed by atoms with E-state index in [9.17, 15) is 9.18 Å². The summed E-state index contributed by atoms with van der Waals surface area (Å²) in [5.41, 5.74) is 0.322. The Balaban J connectivity index is 2.09. The van der Waals surface area contributed by atoms with Crippen molar-refractivity contribution >= 4 is 11.7 Å². The number of hydrogen-bond donors (Lipinski definition) is 2. The molecule has 1 fully saturated rings. The molecule has 0 unspecified atom stereocenters. The predicted molar refractivity (Wildman–Crippen MR) is 76.6 cm³/mol. The minimum atomic E-state index is -0.502. The number of ether oxygens (including phenoxy) is 2. The third-order valence-corrected chi connectivity index (χ3v) is 3.43. The van der Waals surface area contributed by atoms with Gasteiger partial charge in [-0.1, -0.05) is 0 Å². The van der Waals surface area contributed by atoms with Gasteiger partial charge in [0.15, 0.2) is 0 Å². The number of anilines is 1. The van der Waals surface area contributed by atoms with Crippen LogP contribution in [0.4, 0.5) is 14.9 Å². The second-order valence-electron chi connectivity index (χ2n) is 4.90. The van der Waals surface area contributed by atoms with Crippen LogP contribution < -0.4 is 20.9 Å². The van der Waals surface area contributed by atoms with Gasteiger partial charge in [-0.3, -0.25) is 0 Å². The van der Waals surface area contributed by atoms with Crippen molar-refractivity contribution in [1.29, 1.82) is 0 Å². The molecule has 116 valence electrons. The molecule has 1 aliphatic heterocycles. The molecule has 0 spiro atoms. The molecule has 2 rings (SSSR count). The molecule has 2 amide bonds. The summed E-state index contributed by atoms with van der Waals surface area (Å²) in [6, 6.07) is 3.39. The number of nitrogens with zero attached hydrogens (tertiary/aromatic N) is 1. The standard InChI is InChI=1S/C14H20FN3O3/c1-17-14(19)18(16)12-3-2-11(15)8-13(12)21-9-10-4-6-20-7-5-10/h2-3,8,10H,4-7,9,16H2,1H3,(H,17,19). The first-order chi connectivity index (χ1) is 10.1. The monoisotopic (exact) mass is 297 g/mol. The van der Waals surface area contributed by atoms with E-state index in [1.807, 2.05) is 0 Å². The number of amides is 2. The number of rotatable bonds is 4. The zero-order valence-corrected chi connectivity index (χ0v) is 12.0. The van der Waals surface area contributed by atoms with Gasteiger partial charge >= 0.3 is 6.03 Å². The third kappa shape index (κ3) is 4.05. The van der Waals surface area contributed by atoms with E-state index in [-0.39, 0.29) is 5.75 Å². The highest BCUT2D eigenvalue weighted by Crippen LogP contribution is 2.29. The summed E-state index contributed by atoms with van der Waals surface area (Å²) in [5, 5.41) is 3.31. The maximum Gasteiger partial charge on any atom is 0.336 e. The van der Waals surface area contributed by atoms with Gasteiger partial charge in [0, 0.05) is 26.3 Å². The summed E-state index contributed by atoms with van der Waals surface area (Å²) in [4.78, 5) is 11.6. The highest BCUT2D eigenvalue weighted by Gasteiger charge is 2.19. The number of hydrazine groups is 1. The lowest BCUT2D eigenvalue weighted by atomic mass is 10.0. The molecule has 21 heavy (non-hydrogen) atoms. The Labute approximate surface area is 123 Å². The summed E-state index contributed by atoms with van der Waals surface area (Å²) < 4.78 is 24.4. The van der Waals surface area contributed by atoms with Crippen molar-refractivity contribution in [1.82, 2.24) is 5.32 Å². The highest BCUT2D eigenvalue weighted by molar-refractivity contribution is 5.92. The van der Waals surface area contributed by atoms with E-state index in [0.29, 0.717) is 31.4 Å². The normalized spacial score (nSPS) is 15.6. The summed E-state index contributed by atoms with van der Waals surface area (Å²) in [5.74, 6) is 5.89. The molecule has 1 heterocycles. The quantitative estimate of drug-likeness (QED) is 0.503. The SMILES string of the molecule is CNC(=O)N(N)c1ccc(F)cc1OCC1CCOCC1. The Kier molecular flexibility index (Phi) is 5.35. The number of carbonyl (C=O) groups is 1. The minimum absolute atomic E-state index is 0.257. The molecule has 7 heteroatoms. The van der Waals surface area contributed by atoms with Crippen LogP contribution in [0.5, 0.6) is 5.75 Å². The molecule has 0 bridgehead atoms. The van der Waals surface area contributed by atoms with Gasteiger partial charge in [-0.15, -0.1) is 0 Å². The van der Waals surface area contributed by atoms with Gasteiger partial charge in [0.2, 0.25) is 0 Å². The van der Waals surface area contributed by atoms with Gasteiger partial charge in [-0.05, 0) is 30.9 Å². The van der Waals surface area contributed by atoms with Crippen LogP contribution in [0.2, 0.25) is 0 Å². The predicted octanol–water partition coefficient (Wildman–Crippen LogP) is 1.65. The largest absolute Gasteiger partial charge is 0.491 e. The van der Waals surface area contributed by atoms with Gasteiger partial charge in [0.1, 0.15) is 17.3 Å². The van der Waals surface area contributed by atoms with E-state index in [4.69, 9.17) is 15.3 Å². The Morgan fingerprint density at radius 1 is 1.52 bits per heavy atom. The molecular formula is C14H20FN3O3. The second kappa shape index (κ2) is 7.24. The third-order valence-electron chi connectivity index (χ3n) is 3.43. The maximum atomic E-state index is 13.4. The average molecular weight is 297 g/mol. The number of carbonyl (C=O) groups excluding carboxylic acids is 1. The Hall–Kier alpha value is -1.86.